The van der Waals surface area contributed by atoms with Gasteiger partial charge in [-0.15, -0.1) is 11.6 Å². The van der Waals surface area contributed by atoms with Crippen LogP contribution in [0.15, 0.2) is 18.2 Å². The molecule has 0 spiro atoms. The van der Waals surface area contributed by atoms with E-state index < -0.39 is 0 Å². The van der Waals surface area contributed by atoms with Crippen molar-refractivity contribution in [2.45, 2.75) is 40.1 Å². The van der Waals surface area contributed by atoms with Crippen LogP contribution >= 0.6 is 23.2 Å². The van der Waals surface area contributed by atoms with Gasteiger partial charge in [-0.1, -0.05) is 39.3 Å². The zero-order chi connectivity index (χ0) is 14.2. The van der Waals surface area contributed by atoms with Crippen LogP contribution in [0.2, 0.25) is 5.02 Å². The van der Waals surface area contributed by atoms with Gasteiger partial charge in [0.2, 0.25) is 0 Å². The number of aromatic nitrogens is 2. The van der Waals surface area contributed by atoms with E-state index in [9.17, 15) is 0 Å². The van der Waals surface area contributed by atoms with Crippen LogP contribution in [-0.2, 0) is 12.4 Å². The second-order valence-electron chi connectivity index (χ2n) is 6.02. The molecule has 1 heterocycles. The van der Waals surface area contributed by atoms with E-state index in [0.29, 0.717) is 16.8 Å². The number of hydrogen-bond donors (Lipinski definition) is 0. The van der Waals surface area contributed by atoms with Crippen molar-refractivity contribution in [3.8, 4) is 0 Å². The Morgan fingerprint density at radius 1 is 1.32 bits per heavy atom. The number of fused-ring (bicyclic) bond motifs is 1. The Labute approximate surface area is 124 Å². The molecule has 0 radical (unpaired) electrons. The average molecular weight is 299 g/mol. The van der Waals surface area contributed by atoms with E-state index in [2.05, 4.69) is 37.2 Å². The average Bonchev–Trinajstić information content (AvgIpc) is 2.65. The van der Waals surface area contributed by atoms with Crippen molar-refractivity contribution < 1.29 is 0 Å². The maximum absolute atomic E-state index is 6.04. The molecule has 0 bridgehead atoms. The van der Waals surface area contributed by atoms with Gasteiger partial charge >= 0.3 is 0 Å². The predicted molar refractivity (Wildman–Crippen MR) is 82.9 cm³/mol. The van der Waals surface area contributed by atoms with Crippen LogP contribution < -0.4 is 0 Å². The first kappa shape index (κ1) is 14.7. The van der Waals surface area contributed by atoms with Crippen molar-refractivity contribution in [3.63, 3.8) is 0 Å². The zero-order valence-electron chi connectivity index (χ0n) is 11.9. The number of hydrogen-bond acceptors (Lipinski definition) is 1. The molecule has 0 aliphatic heterocycles. The summed E-state index contributed by atoms with van der Waals surface area (Å²) in [5.74, 6) is 1.91. The highest BCUT2D eigenvalue weighted by atomic mass is 35.5. The summed E-state index contributed by atoms with van der Waals surface area (Å²) in [5.41, 5.74) is 2.21. The highest BCUT2D eigenvalue weighted by molar-refractivity contribution is 6.31. The van der Waals surface area contributed by atoms with E-state index in [1.807, 2.05) is 18.2 Å². The molecule has 2 nitrogen and oxygen atoms in total. The number of imidazole rings is 1. The topological polar surface area (TPSA) is 17.8 Å². The number of alkyl halides is 1. The molecular formula is C15H20Cl2N2. The molecule has 0 fully saturated rings. The lowest BCUT2D eigenvalue weighted by Gasteiger charge is -2.30. The van der Waals surface area contributed by atoms with E-state index in [1.165, 1.54) is 0 Å². The molecule has 0 aliphatic rings. The highest BCUT2D eigenvalue weighted by Gasteiger charge is 2.25. The molecule has 1 aromatic heterocycles. The lowest BCUT2D eigenvalue weighted by atomic mass is 9.81. The van der Waals surface area contributed by atoms with E-state index in [1.54, 1.807) is 0 Å². The molecule has 1 aromatic carbocycles. The van der Waals surface area contributed by atoms with Crippen molar-refractivity contribution >= 4 is 34.2 Å². The molecule has 0 amide bonds. The van der Waals surface area contributed by atoms with Gasteiger partial charge in [0, 0.05) is 11.6 Å². The largest absolute Gasteiger partial charge is 0.326 e. The van der Waals surface area contributed by atoms with E-state index in [-0.39, 0.29) is 5.41 Å². The van der Waals surface area contributed by atoms with Crippen LogP contribution in [-0.4, -0.2) is 9.55 Å². The van der Waals surface area contributed by atoms with Gasteiger partial charge in [-0.3, -0.25) is 0 Å². The minimum Gasteiger partial charge on any atom is -0.326 e. The molecule has 0 unspecified atom stereocenters. The summed E-state index contributed by atoms with van der Waals surface area (Å²) in [6.45, 7) is 9.95. The van der Waals surface area contributed by atoms with Crippen LogP contribution in [0.5, 0.6) is 0 Å². The molecule has 4 heteroatoms. The standard InChI is InChI=1S/C15H20Cl2N2/c1-10(2)15(3,4)9-19-13-6-5-11(17)7-12(13)18-14(19)8-16/h5-7,10H,8-9H2,1-4H3. The number of halogens is 2. The molecular weight excluding hydrogens is 279 g/mol. The summed E-state index contributed by atoms with van der Waals surface area (Å²) in [7, 11) is 0. The molecule has 0 N–H and O–H groups in total. The van der Waals surface area contributed by atoms with Crippen LogP contribution in [0.25, 0.3) is 11.0 Å². The van der Waals surface area contributed by atoms with Crippen LogP contribution in [0, 0.1) is 11.3 Å². The lowest BCUT2D eigenvalue weighted by Crippen LogP contribution is -2.26. The second kappa shape index (κ2) is 5.34. The highest BCUT2D eigenvalue weighted by Crippen LogP contribution is 2.31. The summed E-state index contributed by atoms with van der Waals surface area (Å²) >= 11 is 12.1. The minimum atomic E-state index is 0.189. The fraction of sp³-hybridized carbons (Fsp3) is 0.533. The maximum Gasteiger partial charge on any atom is 0.124 e. The minimum absolute atomic E-state index is 0.189. The molecule has 0 aliphatic carbocycles. The van der Waals surface area contributed by atoms with Gasteiger partial charge < -0.3 is 4.57 Å². The van der Waals surface area contributed by atoms with Gasteiger partial charge in [-0.2, -0.15) is 0 Å². The van der Waals surface area contributed by atoms with Gasteiger partial charge in [0.25, 0.3) is 0 Å². The van der Waals surface area contributed by atoms with Gasteiger partial charge in [0.15, 0.2) is 0 Å². The monoisotopic (exact) mass is 298 g/mol. The summed E-state index contributed by atoms with van der Waals surface area (Å²) in [6.07, 6.45) is 0. The van der Waals surface area contributed by atoms with Crippen LogP contribution in [0.3, 0.4) is 0 Å². The molecule has 0 saturated heterocycles. The van der Waals surface area contributed by atoms with E-state index >= 15 is 0 Å². The number of nitrogens with zero attached hydrogens (tertiary/aromatic N) is 2. The quantitative estimate of drug-likeness (QED) is 0.717. The van der Waals surface area contributed by atoms with Crippen molar-refractivity contribution in [1.82, 2.24) is 9.55 Å². The Kier molecular flexibility index (Phi) is 4.12. The van der Waals surface area contributed by atoms with Crippen molar-refractivity contribution in [1.29, 1.82) is 0 Å². The fourth-order valence-electron chi connectivity index (χ4n) is 2.02. The van der Waals surface area contributed by atoms with E-state index in [0.717, 1.165) is 23.4 Å². The molecule has 0 atom stereocenters. The lowest BCUT2D eigenvalue weighted by molar-refractivity contribution is 0.211. The first-order valence-electron chi connectivity index (χ1n) is 6.56. The normalized spacial score (nSPS) is 12.6. The van der Waals surface area contributed by atoms with Gasteiger partial charge in [-0.25, -0.2) is 4.98 Å². The van der Waals surface area contributed by atoms with E-state index in [4.69, 9.17) is 23.2 Å². The molecule has 0 saturated carbocycles. The zero-order valence-corrected chi connectivity index (χ0v) is 13.4. The van der Waals surface area contributed by atoms with Crippen LogP contribution in [0.4, 0.5) is 0 Å². The predicted octanol–water partition coefficient (Wildman–Crippen LogP) is 5.11. The third-order valence-corrected chi connectivity index (χ3v) is 4.51. The van der Waals surface area contributed by atoms with Crippen molar-refractivity contribution in [3.05, 3.63) is 29.0 Å². The van der Waals surface area contributed by atoms with Crippen LogP contribution in [0.1, 0.15) is 33.5 Å². The molecule has 2 rings (SSSR count). The van der Waals surface area contributed by atoms with Gasteiger partial charge in [-0.05, 0) is 29.5 Å². The summed E-state index contributed by atoms with van der Waals surface area (Å²) in [5, 5.41) is 0.710. The first-order chi connectivity index (χ1) is 8.85. The van der Waals surface area contributed by atoms with Gasteiger partial charge in [0.1, 0.15) is 5.82 Å². The third kappa shape index (κ3) is 2.90. The first-order valence-corrected chi connectivity index (χ1v) is 7.47. The Morgan fingerprint density at radius 2 is 2.00 bits per heavy atom. The molecule has 104 valence electrons. The second-order valence-corrected chi connectivity index (χ2v) is 6.73. The summed E-state index contributed by atoms with van der Waals surface area (Å²) in [4.78, 5) is 4.58. The third-order valence-electron chi connectivity index (χ3n) is 4.04. The smallest absolute Gasteiger partial charge is 0.124 e. The molecule has 2 aromatic rings. The number of rotatable bonds is 4. The summed E-state index contributed by atoms with van der Waals surface area (Å²) < 4.78 is 2.22. The fourth-order valence-corrected chi connectivity index (χ4v) is 2.39. The maximum atomic E-state index is 6.04. The number of benzene rings is 1. The Bertz CT molecular complexity index is 585. The molecule has 19 heavy (non-hydrogen) atoms. The SMILES string of the molecule is CC(C)C(C)(C)Cn1c(CCl)nc2cc(Cl)ccc21. The summed E-state index contributed by atoms with van der Waals surface area (Å²) in [6, 6.07) is 5.82. The Morgan fingerprint density at radius 3 is 2.58 bits per heavy atom. The Hall–Kier alpha value is -0.730. The van der Waals surface area contributed by atoms with Crippen molar-refractivity contribution in [2.75, 3.05) is 0 Å². The van der Waals surface area contributed by atoms with Gasteiger partial charge in [0.05, 0.1) is 16.9 Å². The van der Waals surface area contributed by atoms with Crippen molar-refractivity contribution in [2.24, 2.45) is 11.3 Å². The Balaban J connectivity index is 2.52.